The molecule has 5 heterocycles. The Kier molecular flexibility index (Phi) is 14.1. The van der Waals surface area contributed by atoms with E-state index in [0.717, 1.165) is 80.7 Å². The maximum Gasteiger partial charge on any atom is 0.324 e. The lowest BCUT2D eigenvalue weighted by Crippen LogP contribution is -2.62. The third-order valence-corrected chi connectivity index (χ3v) is 14.3. The molecule has 0 spiro atoms. The summed E-state index contributed by atoms with van der Waals surface area (Å²) >= 11 is 0. The van der Waals surface area contributed by atoms with E-state index >= 15 is 0 Å². The molecule has 1 saturated carbocycles. The van der Waals surface area contributed by atoms with Gasteiger partial charge in [-0.1, -0.05) is 62.9 Å². The van der Waals surface area contributed by atoms with Crippen molar-refractivity contribution in [2.24, 2.45) is 18.4 Å². The summed E-state index contributed by atoms with van der Waals surface area (Å²) in [5, 5.41) is 7.13. The van der Waals surface area contributed by atoms with E-state index in [1.807, 2.05) is 25.1 Å². The lowest BCUT2D eigenvalue weighted by atomic mass is 9.84. The Labute approximate surface area is 393 Å². The van der Waals surface area contributed by atoms with E-state index in [2.05, 4.69) is 84.4 Å². The highest BCUT2D eigenvalue weighted by molar-refractivity contribution is 5.96. The first-order valence-corrected chi connectivity index (χ1v) is 23.8. The highest BCUT2D eigenvalue weighted by Gasteiger charge is 2.47. The molecule has 0 radical (unpaired) electrons. The SMILES string of the molecule is CC#CC(=O)N1CC[C@H]([N+](=O)N(C)[C@H](C(=O)N[C@H]2Cc3cccc(c3)-c3ccc4c(c3)c(c(-c3cccnc3[C@H](C)OC)n4C)CC(C)(C)COC(=O)[C@@H]3CCCN(N3)C2=O)C2CCCC2)C1. The molecule has 5 atom stereocenters. The second-order valence-corrected chi connectivity index (χ2v) is 19.6. The summed E-state index contributed by atoms with van der Waals surface area (Å²) in [6.45, 7) is 8.87. The molecule has 3 amide bonds. The van der Waals surface area contributed by atoms with Crippen molar-refractivity contribution < 1.29 is 33.5 Å². The number of hydrogen-bond acceptors (Lipinski definition) is 9. The predicted octanol–water partition coefficient (Wildman–Crippen LogP) is 6.07. The van der Waals surface area contributed by atoms with Gasteiger partial charge in [0.2, 0.25) is 5.91 Å². The molecule has 8 rings (SSSR count). The summed E-state index contributed by atoms with van der Waals surface area (Å²) in [6.07, 6.45) is 7.13. The van der Waals surface area contributed by atoms with Crippen molar-refractivity contribution in [3.63, 3.8) is 0 Å². The number of likely N-dealkylation sites (tertiary alicyclic amines) is 1. The van der Waals surface area contributed by atoms with Crippen LogP contribution in [0.3, 0.4) is 0 Å². The lowest BCUT2D eigenvalue weighted by molar-refractivity contribution is -0.732. The monoisotopic (exact) mass is 913 g/mol. The minimum absolute atomic E-state index is 0.118. The third-order valence-electron chi connectivity index (χ3n) is 14.3. The molecule has 2 N–H and O–H groups in total. The van der Waals surface area contributed by atoms with Crippen molar-refractivity contribution in [3.05, 3.63) is 82.5 Å². The van der Waals surface area contributed by atoms with E-state index in [1.165, 1.54) is 10.0 Å². The van der Waals surface area contributed by atoms with Crippen molar-refractivity contribution in [2.75, 3.05) is 40.4 Å². The van der Waals surface area contributed by atoms with Gasteiger partial charge < -0.3 is 24.3 Å². The molecule has 0 unspecified atom stereocenters. The lowest BCUT2D eigenvalue weighted by Gasteiger charge is -2.36. The number of aromatic nitrogens is 2. The summed E-state index contributed by atoms with van der Waals surface area (Å²) in [5.41, 5.74) is 10.4. The second kappa shape index (κ2) is 20.0. The van der Waals surface area contributed by atoms with Crippen molar-refractivity contribution in [1.82, 2.24) is 35.2 Å². The number of nitroso groups, excluding NO2 is 1. The maximum absolute atomic E-state index is 14.8. The van der Waals surface area contributed by atoms with Crippen LogP contribution in [0.1, 0.15) is 95.6 Å². The van der Waals surface area contributed by atoms with Crippen molar-refractivity contribution in [1.29, 1.82) is 0 Å². The number of aryl methyl sites for hydroxylation is 1. The zero-order valence-corrected chi connectivity index (χ0v) is 40.0. The molecule has 3 fully saturated rings. The first-order valence-electron chi connectivity index (χ1n) is 23.8. The van der Waals surface area contributed by atoms with Crippen LogP contribution in [0.2, 0.25) is 0 Å². The first-order chi connectivity index (χ1) is 32.2. The Balaban J connectivity index is 1.17. The molecular weight excluding hydrogens is 849 g/mol. The van der Waals surface area contributed by atoms with Gasteiger partial charge in [0, 0.05) is 68.2 Å². The minimum Gasteiger partial charge on any atom is -0.464 e. The number of cyclic esters (lactones) is 1. The van der Waals surface area contributed by atoms with Gasteiger partial charge in [0.1, 0.15) is 17.0 Å². The molecule has 2 aromatic heterocycles. The van der Waals surface area contributed by atoms with Crippen LogP contribution in [-0.4, -0.2) is 118 Å². The number of pyridine rings is 1. The third kappa shape index (κ3) is 9.97. The number of ether oxygens (including phenoxy) is 2. The molecule has 4 aliphatic rings. The number of fused-ring (bicyclic) bond motifs is 6. The van der Waals surface area contributed by atoms with Crippen LogP contribution in [0.15, 0.2) is 60.8 Å². The topological polar surface area (TPSA) is 158 Å². The first kappa shape index (κ1) is 47.4. The molecule has 4 aromatic rings. The largest absolute Gasteiger partial charge is 0.464 e. The van der Waals surface area contributed by atoms with E-state index in [1.54, 1.807) is 32.2 Å². The molecule has 2 saturated heterocycles. The van der Waals surface area contributed by atoms with Crippen LogP contribution in [0.4, 0.5) is 0 Å². The van der Waals surface area contributed by atoms with Crippen LogP contribution in [-0.2, 0) is 48.5 Å². The van der Waals surface area contributed by atoms with Crippen molar-refractivity contribution >= 4 is 34.6 Å². The predicted molar refractivity (Wildman–Crippen MR) is 255 cm³/mol. The van der Waals surface area contributed by atoms with Gasteiger partial charge in [-0.3, -0.25) is 29.2 Å². The number of nitrogens with zero attached hydrogens (tertiary/aromatic N) is 6. The van der Waals surface area contributed by atoms with E-state index in [9.17, 15) is 24.1 Å². The number of hydrazine groups is 2. The summed E-state index contributed by atoms with van der Waals surface area (Å²) < 4.78 is 14.1. The molecule has 1 aliphatic carbocycles. The molecule has 15 heteroatoms. The summed E-state index contributed by atoms with van der Waals surface area (Å²) in [7, 11) is 5.39. The fourth-order valence-corrected chi connectivity index (χ4v) is 10.7. The summed E-state index contributed by atoms with van der Waals surface area (Å²) in [5.74, 6) is 3.52. The number of likely N-dealkylation sites (N-methyl/N-ethyl adjacent to an activating group) is 1. The molecular formula is C52H65N8O7+. The van der Waals surface area contributed by atoms with Crippen LogP contribution in [0.25, 0.3) is 33.3 Å². The highest BCUT2D eigenvalue weighted by atomic mass is 16.5. The van der Waals surface area contributed by atoms with Crippen molar-refractivity contribution in [3.8, 4) is 34.2 Å². The number of hydrogen-bond donors (Lipinski definition) is 2. The van der Waals surface area contributed by atoms with Gasteiger partial charge in [-0.25, -0.2) is 5.43 Å². The van der Waals surface area contributed by atoms with E-state index in [-0.39, 0.29) is 43.4 Å². The van der Waals surface area contributed by atoms with E-state index < -0.39 is 41.5 Å². The van der Waals surface area contributed by atoms with Gasteiger partial charge in [-0.15, -0.1) is 5.01 Å². The molecule has 6 bridgehead atoms. The fraction of sp³-hybridized carbons (Fsp3) is 0.519. The average molecular weight is 914 g/mol. The Morgan fingerprint density at radius 1 is 1.03 bits per heavy atom. The average Bonchev–Trinajstić information content (AvgIpc) is 4.11. The number of benzene rings is 2. The number of carbonyl (C=O) groups excluding carboxylic acids is 4. The van der Waals surface area contributed by atoms with Gasteiger partial charge in [-0.2, -0.15) is 0 Å². The van der Waals surface area contributed by atoms with Gasteiger partial charge in [0.15, 0.2) is 6.04 Å². The normalized spacial score (nSPS) is 22.0. The van der Waals surface area contributed by atoms with Crippen LogP contribution >= 0.6 is 0 Å². The van der Waals surface area contributed by atoms with Gasteiger partial charge in [0.05, 0.1) is 42.6 Å². The number of amides is 3. The maximum atomic E-state index is 14.8. The zero-order chi connectivity index (χ0) is 47.6. The Bertz CT molecular complexity index is 2610. The minimum atomic E-state index is -1.04. The standard InChI is InChI=1S/C52H64N8O7/c1-8-14-45(61)58-26-23-38(31-58)60(65)57(6)47(35-16-9-10-17-35)49(62)54-43-28-34-15-11-18-36(27-34)37-21-22-44-40(29-37)41(48(56(44)5)39-19-12-24-53-46(39)33(2)66-7)30-52(3,4)32-67-51(64)42-20-13-25-59(55-42)50(43)63/h11-12,15,18-19,21-22,24,27,29,33,35,38,42-43,47,55H,9-10,13,16-17,20,23,25-26,28,30-32H2,1-7H3/p+1/t33-,38-,42-,43-,47-/m0/s1. The molecule has 15 nitrogen and oxygen atoms in total. The van der Waals surface area contributed by atoms with Crippen LogP contribution < -0.4 is 10.7 Å². The van der Waals surface area contributed by atoms with Crippen molar-refractivity contribution in [2.45, 2.75) is 116 Å². The van der Waals surface area contributed by atoms with Gasteiger partial charge in [0.25, 0.3) is 17.9 Å². The molecule has 67 heavy (non-hydrogen) atoms. The zero-order valence-electron chi connectivity index (χ0n) is 40.0. The fourth-order valence-electron chi connectivity index (χ4n) is 10.7. The molecule has 354 valence electrons. The number of nitrogens with one attached hydrogen (secondary N) is 2. The summed E-state index contributed by atoms with van der Waals surface area (Å²) in [4.78, 5) is 77.5. The van der Waals surface area contributed by atoms with E-state index in [0.29, 0.717) is 38.8 Å². The Hall–Kier alpha value is -6.11. The smallest absolute Gasteiger partial charge is 0.324 e. The number of esters is 1. The molecule has 2 aromatic carbocycles. The van der Waals surface area contributed by atoms with Gasteiger partial charge in [-0.05, 0) is 104 Å². The van der Waals surface area contributed by atoms with Gasteiger partial charge >= 0.3 is 5.97 Å². The number of methoxy groups -OCH3 is 1. The highest BCUT2D eigenvalue weighted by Crippen LogP contribution is 2.41. The number of carbonyl (C=O) groups is 4. The second-order valence-electron chi connectivity index (χ2n) is 19.6. The van der Waals surface area contributed by atoms with Crippen LogP contribution in [0, 0.1) is 28.1 Å². The van der Waals surface area contributed by atoms with E-state index in [4.69, 9.17) is 14.5 Å². The molecule has 3 aliphatic heterocycles. The summed E-state index contributed by atoms with van der Waals surface area (Å²) in [6, 6.07) is 15.3. The quantitative estimate of drug-likeness (QED) is 0.0874. The van der Waals surface area contributed by atoms with Crippen LogP contribution in [0.5, 0.6) is 0 Å². The Morgan fingerprint density at radius 2 is 1.81 bits per heavy atom. The number of rotatable bonds is 9. The Morgan fingerprint density at radius 3 is 2.57 bits per heavy atom.